The molecule has 0 bridgehead atoms. The van der Waals surface area contributed by atoms with Gasteiger partial charge in [0.15, 0.2) is 6.29 Å². The molecule has 94 valence electrons. The zero-order chi connectivity index (χ0) is 12.3. The summed E-state index contributed by atoms with van der Waals surface area (Å²) in [4.78, 5) is 0. The molecule has 5 N–H and O–H groups in total. The lowest BCUT2D eigenvalue weighted by molar-refractivity contribution is -0.0909. The van der Waals surface area contributed by atoms with Crippen molar-refractivity contribution in [3.8, 4) is 0 Å². The van der Waals surface area contributed by atoms with E-state index in [1.54, 1.807) is 0 Å². The van der Waals surface area contributed by atoms with Gasteiger partial charge in [-0.05, 0) is 12.0 Å². The van der Waals surface area contributed by atoms with Crippen LogP contribution >= 0.6 is 0 Å². The van der Waals surface area contributed by atoms with Gasteiger partial charge in [-0.3, -0.25) is 0 Å². The summed E-state index contributed by atoms with van der Waals surface area (Å²) < 4.78 is 5.31. The van der Waals surface area contributed by atoms with E-state index in [1.807, 2.05) is 0 Å². The number of hydrogen-bond acceptors (Lipinski definition) is 6. The van der Waals surface area contributed by atoms with Crippen LogP contribution in [0.3, 0.4) is 0 Å². The van der Waals surface area contributed by atoms with E-state index < -0.39 is 37.3 Å². The standard InChI is InChI=1S/C10H18O6/c1-5-7(2-3-8(13)14)16-10(9(5)15)6(12)4-11/h6-15H,1-4H2/t6-,7+,9+,10+/m1/s1. The van der Waals surface area contributed by atoms with Crippen LogP contribution in [0.2, 0.25) is 0 Å². The van der Waals surface area contributed by atoms with E-state index in [-0.39, 0.29) is 6.42 Å². The number of aliphatic hydroxyl groups excluding tert-OH is 4. The Balaban J connectivity index is 2.54. The predicted octanol–water partition coefficient (Wildman–Crippen LogP) is -1.89. The summed E-state index contributed by atoms with van der Waals surface area (Å²) in [5, 5.41) is 45.2. The van der Waals surface area contributed by atoms with E-state index in [0.717, 1.165) is 0 Å². The van der Waals surface area contributed by atoms with E-state index in [2.05, 4.69) is 6.58 Å². The molecule has 6 heteroatoms. The molecule has 0 aliphatic carbocycles. The summed E-state index contributed by atoms with van der Waals surface area (Å²) >= 11 is 0. The molecule has 0 aromatic carbocycles. The molecule has 1 fully saturated rings. The van der Waals surface area contributed by atoms with E-state index in [9.17, 15) is 10.2 Å². The number of ether oxygens (including phenoxy) is 1. The summed E-state index contributed by atoms with van der Waals surface area (Å²) in [6.45, 7) is 3.12. The second-order valence-electron chi connectivity index (χ2n) is 3.92. The van der Waals surface area contributed by atoms with E-state index >= 15 is 0 Å². The Labute approximate surface area is 93.4 Å². The highest BCUT2D eigenvalue weighted by molar-refractivity contribution is 5.17. The topological polar surface area (TPSA) is 110 Å². The minimum absolute atomic E-state index is 0.0956. The van der Waals surface area contributed by atoms with Gasteiger partial charge in [0, 0.05) is 6.42 Å². The first-order valence-electron chi connectivity index (χ1n) is 5.14. The van der Waals surface area contributed by atoms with Crippen molar-refractivity contribution in [2.45, 2.75) is 43.5 Å². The molecule has 0 radical (unpaired) electrons. The maximum absolute atomic E-state index is 9.67. The highest BCUT2D eigenvalue weighted by Gasteiger charge is 2.40. The third kappa shape index (κ3) is 3.00. The lowest BCUT2D eigenvalue weighted by Crippen LogP contribution is -2.37. The molecule has 0 unspecified atom stereocenters. The van der Waals surface area contributed by atoms with Crippen molar-refractivity contribution in [1.29, 1.82) is 0 Å². The van der Waals surface area contributed by atoms with Gasteiger partial charge in [0.25, 0.3) is 0 Å². The van der Waals surface area contributed by atoms with Gasteiger partial charge in [-0.2, -0.15) is 0 Å². The molecule has 0 saturated carbocycles. The quantitative estimate of drug-likeness (QED) is 0.281. The molecule has 0 amide bonds. The van der Waals surface area contributed by atoms with Gasteiger partial charge >= 0.3 is 0 Å². The zero-order valence-corrected chi connectivity index (χ0v) is 8.86. The Morgan fingerprint density at radius 1 is 1.31 bits per heavy atom. The van der Waals surface area contributed by atoms with Crippen LogP contribution in [0.25, 0.3) is 0 Å². The first-order valence-corrected chi connectivity index (χ1v) is 5.14. The van der Waals surface area contributed by atoms with Gasteiger partial charge in [-0.15, -0.1) is 0 Å². The largest absolute Gasteiger partial charge is 0.394 e. The van der Waals surface area contributed by atoms with Crippen LogP contribution in [0.15, 0.2) is 12.2 Å². The maximum Gasteiger partial charge on any atom is 0.151 e. The molecule has 0 spiro atoms. The molecule has 0 aromatic rings. The summed E-state index contributed by atoms with van der Waals surface area (Å²) in [6.07, 6.45) is -4.68. The molecule has 1 aliphatic rings. The summed E-state index contributed by atoms with van der Waals surface area (Å²) in [5.74, 6) is 0. The van der Waals surface area contributed by atoms with Crippen LogP contribution in [0.4, 0.5) is 0 Å². The van der Waals surface area contributed by atoms with Gasteiger partial charge in [0.2, 0.25) is 0 Å². The average molecular weight is 234 g/mol. The minimum Gasteiger partial charge on any atom is -0.394 e. The third-order valence-corrected chi connectivity index (χ3v) is 2.68. The van der Waals surface area contributed by atoms with Gasteiger partial charge < -0.3 is 30.3 Å². The fraction of sp³-hybridized carbons (Fsp3) is 0.800. The molecule has 16 heavy (non-hydrogen) atoms. The van der Waals surface area contributed by atoms with Gasteiger partial charge in [-0.1, -0.05) is 6.58 Å². The second kappa shape index (κ2) is 5.72. The van der Waals surface area contributed by atoms with Crippen molar-refractivity contribution in [2.75, 3.05) is 6.61 Å². The lowest BCUT2D eigenvalue weighted by Gasteiger charge is -2.18. The smallest absolute Gasteiger partial charge is 0.151 e. The summed E-state index contributed by atoms with van der Waals surface area (Å²) in [6, 6.07) is 0. The fourth-order valence-electron chi connectivity index (χ4n) is 1.71. The van der Waals surface area contributed by atoms with Crippen molar-refractivity contribution in [3.05, 3.63) is 12.2 Å². The number of aliphatic hydroxyl groups is 5. The van der Waals surface area contributed by atoms with Crippen LogP contribution in [-0.2, 0) is 4.74 Å². The van der Waals surface area contributed by atoms with Crippen molar-refractivity contribution >= 4 is 0 Å². The van der Waals surface area contributed by atoms with E-state index in [0.29, 0.717) is 12.0 Å². The molecule has 1 saturated heterocycles. The van der Waals surface area contributed by atoms with Gasteiger partial charge in [0.1, 0.15) is 18.3 Å². The summed E-state index contributed by atoms with van der Waals surface area (Å²) in [7, 11) is 0. The van der Waals surface area contributed by atoms with Crippen molar-refractivity contribution < 1.29 is 30.3 Å². The Morgan fingerprint density at radius 3 is 2.44 bits per heavy atom. The SMILES string of the molecule is C=C1[C@H](CCC(O)O)O[C@@H]([C@H](O)CO)[C@H]1O. The molecule has 0 aromatic heterocycles. The lowest BCUT2D eigenvalue weighted by atomic mass is 10.0. The molecule has 1 heterocycles. The van der Waals surface area contributed by atoms with Crippen LogP contribution in [-0.4, -0.2) is 62.8 Å². The van der Waals surface area contributed by atoms with Gasteiger partial charge in [-0.25, -0.2) is 0 Å². The zero-order valence-electron chi connectivity index (χ0n) is 8.86. The van der Waals surface area contributed by atoms with Crippen LogP contribution in [0, 0.1) is 0 Å². The first-order chi connectivity index (χ1) is 7.47. The van der Waals surface area contributed by atoms with Crippen molar-refractivity contribution in [2.24, 2.45) is 0 Å². The van der Waals surface area contributed by atoms with Crippen molar-refractivity contribution in [1.82, 2.24) is 0 Å². The molecule has 4 atom stereocenters. The van der Waals surface area contributed by atoms with E-state index in [1.165, 1.54) is 0 Å². The Hall–Kier alpha value is -0.500. The van der Waals surface area contributed by atoms with E-state index in [4.69, 9.17) is 20.1 Å². The predicted molar refractivity (Wildman–Crippen MR) is 54.4 cm³/mol. The first kappa shape index (κ1) is 13.6. The second-order valence-corrected chi connectivity index (χ2v) is 3.92. The number of hydrogen-bond donors (Lipinski definition) is 5. The Kier molecular flexibility index (Phi) is 4.85. The third-order valence-electron chi connectivity index (χ3n) is 2.68. The fourth-order valence-corrected chi connectivity index (χ4v) is 1.71. The van der Waals surface area contributed by atoms with Crippen LogP contribution in [0.1, 0.15) is 12.8 Å². The number of rotatable bonds is 5. The molecule has 1 aliphatic heterocycles. The monoisotopic (exact) mass is 234 g/mol. The Morgan fingerprint density at radius 2 is 1.94 bits per heavy atom. The van der Waals surface area contributed by atoms with Crippen molar-refractivity contribution in [3.63, 3.8) is 0 Å². The highest BCUT2D eigenvalue weighted by Crippen LogP contribution is 2.30. The molecule has 1 rings (SSSR count). The average Bonchev–Trinajstić information content (AvgIpc) is 2.52. The normalized spacial score (nSPS) is 32.4. The summed E-state index contributed by atoms with van der Waals surface area (Å²) in [5.41, 5.74) is 0.387. The Bertz CT molecular complexity index is 241. The maximum atomic E-state index is 9.67. The molecule has 6 nitrogen and oxygen atoms in total. The van der Waals surface area contributed by atoms with Crippen LogP contribution < -0.4 is 0 Å². The molecular weight excluding hydrogens is 216 g/mol. The van der Waals surface area contributed by atoms with Crippen LogP contribution in [0.5, 0.6) is 0 Å². The highest BCUT2D eigenvalue weighted by atomic mass is 16.5. The minimum atomic E-state index is -1.43. The van der Waals surface area contributed by atoms with Gasteiger partial charge in [0.05, 0.1) is 12.7 Å². The molecular formula is C10H18O6.